The third-order valence-electron chi connectivity index (χ3n) is 6.22. The van der Waals surface area contributed by atoms with Crippen LogP contribution in [0.4, 0.5) is 10.1 Å². The topological polar surface area (TPSA) is 81.5 Å². The Hall–Kier alpha value is -1.68. The Labute approximate surface area is 196 Å². The summed E-state index contributed by atoms with van der Waals surface area (Å²) in [5.41, 5.74) is 10.9. The Balaban J connectivity index is 1.79. The van der Waals surface area contributed by atoms with Crippen LogP contribution in [0.5, 0.6) is 0 Å². The summed E-state index contributed by atoms with van der Waals surface area (Å²) in [7, 11) is -0.344. The number of hydrogen-bond acceptors (Lipinski definition) is 6. The lowest BCUT2D eigenvalue weighted by Gasteiger charge is -2.27. The number of allylic oxidation sites excluding steroid dienone is 1. The van der Waals surface area contributed by atoms with Crippen LogP contribution in [0.3, 0.4) is 0 Å². The van der Waals surface area contributed by atoms with Crippen LogP contribution < -0.4 is 10.7 Å². The van der Waals surface area contributed by atoms with Crippen LogP contribution in [0.1, 0.15) is 37.0 Å². The highest BCUT2D eigenvalue weighted by molar-refractivity contribution is 8.02. The van der Waals surface area contributed by atoms with E-state index in [4.69, 9.17) is 10.5 Å². The van der Waals surface area contributed by atoms with E-state index >= 15 is 0 Å². The molecule has 1 fully saturated rings. The lowest BCUT2D eigenvalue weighted by atomic mass is 9.98. The highest BCUT2D eigenvalue weighted by Crippen LogP contribution is 2.44. The molecule has 0 amide bonds. The summed E-state index contributed by atoms with van der Waals surface area (Å²) < 4.78 is 14.0. The second-order valence-electron chi connectivity index (χ2n) is 8.43. The van der Waals surface area contributed by atoms with Gasteiger partial charge in [0.05, 0.1) is 10.9 Å². The molecule has 1 aliphatic rings. The van der Waals surface area contributed by atoms with Gasteiger partial charge < -0.3 is 20.6 Å². The van der Waals surface area contributed by atoms with E-state index in [0.29, 0.717) is 24.9 Å². The first-order valence-electron chi connectivity index (χ1n) is 10.8. The van der Waals surface area contributed by atoms with Gasteiger partial charge in [0.1, 0.15) is 12.0 Å². The molecule has 0 spiro atoms. The second-order valence-corrected chi connectivity index (χ2v) is 9.91. The Morgan fingerprint density at radius 3 is 2.72 bits per heavy atom. The monoisotopic (exact) mass is 473 g/mol. The molecule has 172 valence electrons. The van der Waals surface area contributed by atoms with E-state index in [1.54, 1.807) is 24.8 Å². The van der Waals surface area contributed by atoms with E-state index in [0.717, 1.165) is 23.2 Å². The molecule has 4 atom stereocenters. The third kappa shape index (κ3) is 5.81. The standard InChI is InChI=1S/C24H32FN3O2SSi/c1-4-16(2)14-31-23(26)24(13-18-8-10-20(11-9-18)27-32-30)15-28(24)22(29)12-19-6-5-7-21(25)17(19)3/h5-11,14,22-23,27,29-30H,4,12-13,15,26H2,1-3H3/b16-14+/t22?,23?,24-,28?/m1/s1. The van der Waals surface area contributed by atoms with Gasteiger partial charge in [0.15, 0.2) is 0 Å². The van der Waals surface area contributed by atoms with Crippen molar-refractivity contribution in [3.05, 3.63) is 76.0 Å². The molecule has 3 rings (SSSR count). The molecule has 1 heterocycles. The number of halogens is 1. The predicted molar refractivity (Wildman–Crippen MR) is 132 cm³/mol. The number of nitrogens with one attached hydrogen (secondary N) is 1. The van der Waals surface area contributed by atoms with Crippen LogP contribution in [0.25, 0.3) is 0 Å². The average molecular weight is 474 g/mol. The van der Waals surface area contributed by atoms with Crippen LogP contribution in [0, 0.1) is 12.7 Å². The van der Waals surface area contributed by atoms with Crippen molar-refractivity contribution in [1.29, 1.82) is 0 Å². The normalized spacial score (nSPS) is 22.5. The first kappa shape index (κ1) is 24.9. The van der Waals surface area contributed by atoms with Gasteiger partial charge >= 0.3 is 9.92 Å². The van der Waals surface area contributed by atoms with Gasteiger partial charge in [-0.25, -0.2) is 4.39 Å². The molecule has 3 unspecified atom stereocenters. The van der Waals surface area contributed by atoms with Crippen LogP contribution in [0.15, 0.2) is 53.4 Å². The number of rotatable bonds is 11. The molecule has 0 aliphatic carbocycles. The predicted octanol–water partition coefficient (Wildman–Crippen LogP) is 3.56. The Bertz CT molecular complexity index is 943. The van der Waals surface area contributed by atoms with Crippen LogP contribution in [-0.2, 0) is 12.8 Å². The second kappa shape index (κ2) is 11.0. The summed E-state index contributed by atoms with van der Waals surface area (Å²) in [4.78, 5) is 14.0. The highest BCUT2D eigenvalue weighted by Gasteiger charge is 2.58. The fourth-order valence-electron chi connectivity index (χ4n) is 3.88. The molecule has 2 aromatic rings. The van der Waals surface area contributed by atoms with Crippen molar-refractivity contribution in [2.24, 2.45) is 5.73 Å². The van der Waals surface area contributed by atoms with Crippen molar-refractivity contribution in [2.75, 3.05) is 11.5 Å². The summed E-state index contributed by atoms with van der Waals surface area (Å²) in [5, 5.41) is 12.9. The summed E-state index contributed by atoms with van der Waals surface area (Å²) in [5.74, 6) is -0.253. The highest BCUT2D eigenvalue weighted by atomic mass is 32.2. The number of benzene rings is 2. The zero-order valence-corrected chi connectivity index (χ0v) is 20.6. The third-order valence-corrected chi connectivity index (χ3v) is 7.89. The molecular weight excluding hydrogens is 441 g/mol. The lowest BCUT2D eigenvalue weighted by Crippen LogP contribution is -2.43. The molecule has 2 aromatic carbocycles. The summed E-state index contributed by atoms with van der Waals surface area (Å²) in [6.45, 7) is 6.62. The minimum Gasteiger partial charge on any atom is -0.414 e. The van der Waals surface area contributed by atoms with E-state index < -0.39 is 6.23 Å². The van der Waals surface area contributed by atoms with E-state index in [1.807, 2.05) is 35.2 Å². The number of aliphatic hydroxyl groups is 1. The summed E-state index contributed by atoms with van der Waals surface area (Å²) >= 11 is 1.60. The van der Waals surface area contributed by atoms with Gasteiger partial charge in [-0.05, 0) is 67.0 Å². The molecule has 2 radical (unpaired) electrons. The molecule has 0 bridgehead atoms. The van der Waals surface area contributed by atoms with Gasteiger partial charge in [0.25, 0.3) is 0 Å². The molecule has 8 heteroatoms. The minimum atomic E-state index is -0.741. The minimum absolute atomic E-state index is 0.219. The molecule has 1 aliphatic heterocycles. The van der Waals surface area contributed by atoms with Gasteiger partial charge in [0.2, 0.25) is 0 Å². The number of nitrogens with zero attached hydrogens (tertiary/aromatic N) is 1. The van der Waals surface area contributed by atoms with Crippen molar-refractivity contribution >= 4 is 27.4 Å². The smallest absolute Gasteiger partial charge is 0.376 e. The maximum Gasteiger partial charge on any atom is 0.376 e. The molecule has 1 saturated heterocycles. The van der Waals surface area contributed by atoms with E-state index in [9.17, 15) is 9.50 Å². The molecule has 32 heavy (non-hydrogen) atoms. The SMILES string of the molecule is CC/C(C)=C/SC(N)[C@@]1(Cc2ccc(N[Si]O)cc2)CN1C(O)Cc1cccc(F)c1C. The van der Waals surface area contributed by atoms with Crippen molar-refractivity contribution in [3.63, 3.8) is 0 Å². The van der Waals surface area contributed by atoms with E-state index in [2.05, 4.69) is 24.2 Å². The molecule has 0 saturated carbocycles. The number of hydrogen-bond donors (Lipinski definition) is 4. The van der Waals surface area contributed by atoms with Gasteiger partial charge in [-0.1, -0.05) is 36.8 Å². The van der Waals surface area contributed by atoms with Crippen LogP contribution in [0.2, 0.25) is 0 Å². The molecule has 5 nitrogen and oxygen atoms in total. The maximum atomic E-state index is 14.0. The average Bonchev–Trinajstić information content (AvgIpc) is 3.52. The quantitative estimate of drug-likeness (QED) is 0.227. The molecular formula is C24H32FN3O2SSi. The van der Waals surface area contributed by atoms with Crippen molar-refractivity contribution in [3.8, 4) is 0 Å². The van der Waals surface area contributed by atoms with Gasteiger partial charge in [-0.15, -0.1) is 11.8 Å². The van der Waals surface area contributed by atoms with Gasteiger partial charge in [-0.3, -0.25) is 4.90 Å². The number of thioether (sulfide) groups is 1. The Morgan fingerprint density at radius 2 is 2.06 bits per heavy atom. The summed E-state index contributed by atoms with van der Waals surface area (Å²) in [6.07, 6.45) is 1.28. The Morgan fingerprint density at radius 1 is 1.34 bits per heavy atom. The van der Waals surface area contributed by atoms with Gasteiger partial charge in [-0.2, -0.15) is 0 Å². The zero-order chi connectivity index (χ0) is 23.3. The first-order valence-corrected chi connectivity index (χ1v) is 12.7. The van der Waals surface area contributed by atoms with Crippen molar-refractivity contribution < 1.29 is 14.3 Å². The maximum absolute atomic E-state index is 14.0. The largest absolute Gasteiger partial charge is 0.414 e. The lowest BCUT2D eigenvalue weighted by molar-refractivity contribution is 0.0575. The first-order chi connectivity index (χ1) is 15.3. The Kier molecular flexibility index (Phi) is 8.54. The molecule has 5 N–H and O–H groups in total. The van der Waals surface area contributed by atoms with Crippen molar-refractivity contribution in [2.45, 2.75) is 57.2 Å². The van der Waals surface area contributed by atoms with E-state index in [-0.39, 0.29) is 26.7 Å². The van der Waals surface area contributed by atoms with Gasteiger partial charge in [0, 0.05) is 18.7 Å². The van der Waals surface area contributed by atoms with Crippen LogP contribution in [-0.4, -0.2) is 48.4 Å². The fourth-order valence-corrected chi connectivity index (χ4v) is 5.26. The molecule has 0 aromatic heterocycles. The number of aliphatic hydroxyl groups excluding tert-OH is 1. The van der Waals surface area contributed by atoms with Crippen molar-refractivity contribution in [1.82, 2.24) is 4.90 Å². The van der Waals surface area contributed by atoms with Crippen LogP contribution >= 0.6 is 11.8 Å². The number of nitrogens with two attached hydrogens (primary N) is 1. The summed E-state index contributed by atoms with van der Waals surface area (Å²) in [6, 6.07) is 12.9. The number of anilines is 1. The fraction of sp³-hybridized carbons (Fsp3) is 0.417. The zero-order valence-electron chi connectivity index (χ0n) is 18.8. The van der Waals surface area contributed by atoms with E-state index in [1.165, 1.54) is 11.6 Å².